The lowest BCUT2D eigenvalue weighted by Gasteiger charge is -2.31. The molecule has 0 saturated heterocycles. The molecule has 31 heavy (non-hydrogen) atoms. The van der Waals surface area contributed by atoms with Gasteiger partial charge in [0.05, 0.1) is 5.56 Å². The maximum Gasteiger partial charge on any atom is 0.261 e. The molecule has 0 radical (unpaired) electrons. The van der Waals surface area contributed by atoms with Gasteiger partial charge in [0.1, 0.15) is 0 Å². The molecule has 1 aliphatic rings. The van der Waals surface area contributed by atoms with Crippen LogP contribution in [0.4, 0.5) is 14.5 Å². The van der Waals surface area contributed by atoms with Crippen LogP contribution in [0.15, 0.2) is 36.4 Å². The summed E-state index contributed by atoms with van der Waals surface area (Å²) >= 11 is 6.31. The molecule has 0 aromatic heterocycles. The lowest BCUT2D eigenvalue weighted by atomic mass is 9.77. The molecule has 168 valence electrons. The minimum absolute atomic E-state index is 0.258. The molecule has 1 atom stereocenters. The van der Waals surface area contributed by atoms with Crippen LogP contribution in [-0.4, -0.2) is 44.0 Å². The second kappa shape index (κ2) is 10.1. The van der Waals surface area contributed by atoms with Gasteiger partial charge in [0, 0.05) is 22.7 Å². The number of carbonyl (C=O) groups excluding carboxylic acids is 1. The highest BCUT2D eigenvalue weighted by Crippen LogP contribution is 2.47. The monoisotopic (exact) mass is 449 g/mol. The van der Waals surface area contributed by atoms with Crippen molar-refractivity contribution in [1.82, 2.24) is 4.90 Å². The zero-order valence-electron chi connectivity index (χ0n) is 18.1. The van der Waals surface area contributed by atoms with Gasteiger partial charge >= 0.3 is 0 Å². The standard InChI is InChI=1S/C24H30ClF2N3O/c1-3-24(11-14-29(2)13-5-4-12-28)16-30(21-10-9-17(25)15-19(21)24)23(31)18-7-6-8-20(26)22(18)27/h6-10,15H,3-5,11-14,16,28H2,1-2H3. The van der Waals surface area contributed by atoms with Crippen molar-refractivity contribution in [1.29, 1.82) is 0 Å². The molecule has 2 aromatic carbocycles. The van der Waals surface area contributed by atoms with Gasteiger partial charge in [-0.2, -0.15) is 0 Å². The van der Waals surface area contributed by atoms with Crippen molar-refractivity contribution < 1.29 is 13.6 Å². The molecule has 0 saturated carbocycles. The molecule has 1 unspecified atom stereocenters. The lowest BCUT2D eigenvalue weighted by Crippen LogP contribution is -2.39. The first kappa shape index (κ1) is 23.6. The fourth-order valence-corrected chi connectivity index (χ4v) is 4.54. The van der Waals surface area contributed by atoms with Gasteiger partial charge in [-0.25, -0.2) is 8.78 Å². The van der Waals surface area contributed by atoms with E-state index in [-0.39, 0.29) is 11.0 Å². The largest absolute Gasteiger partial charge is 0.330 e. The summed E-state index contributed by atoms with van der Waals surface area (Å²) < 4.78 is 28.1. The number of benzene rings is 2. The SMILES string of the molecule is CCC1(CCN(C)CCCCN)CN(C(=O)c2cccc(F)c2F)c2ccc(Cl)cc21. The summed E-state index contributed by atoms with van der Waals surface area (Å²) in [6.45, 7) is 4.99. The van der Waals surface area contributed by atoms with Crippen LogP contribution in [0.2, 0.25) is 5.02 Å². The Morgan fingerprint density at radius 2 is 2.00 bits per heavy atom. The van der Waals surface area contributed by atoms with Gasteiger partial charge in [-0.3, -0.25) is 4.79 Å². The second-order valence-corrected chi connectivity index (χ2v) is 8.77. The molecular formula is C24H30ClF2N3O. The first-order chi connectivity index (χ1) is 14.8. The molecule has 4 nitrogen and oxygen atoms in total. The van der Waals surface area contributed by atoms with Gasteiger partial charge in [0.15, 0.2) is 11.6 Å². The summed E-state index contributed by atoms with van der Waals surface area (Å²) in [5, 5.41) is 0.596. The number of hydrogen-bond acceptors (Lipinski definition) is 3. The summed E-state index contributed by atoms with van der Waals surface area (Å²) in [4.78, 5) is 17.1. The Morgan fingerprint density at radius 1 is 1.23 bits per heavy atom. The summed E-state index contributed by atoms with van der Waals surface area (Å²) in [5.41, 5.74) is 6.73. The molecule has 1 amide bonds. The van der Waals surface area contributed by atoms with Crippen LogP contribution < -0.4 is 10.6 Å². The van der Waals surface area contributed by atoms with Crippen molar-refractivity contribution in [2.75, 3.05) is 38.1 Å². The maximum absolute atomic E-state index is 14.4. The Labute approximate surface area is 188 Å². The van der Waals surface area contributed by atoms with Crippen molar-refractivity contribution in [3.05, 3.63) is 64.2 Å². The molecule has 0 aliphatic carbocycles. The van der Waals surface area contributed by atoms with Crippen molar-refractivity contribution in [3.63, 3.8) is 0 Å². The van der Waals surface area contributed by atoms with Crippen molar-refractivity contribution in [3.8, 4) is 0 Å². The van der Waals surface area contributed by atoms with E-state index in [2.05, 4.69) is 18.9 Å². The van der Waals surface area contributed by atoms with Gasteiger partial charge in [-0.15, -0.1) is 0 Å². The maximum atomic E-state index is 14.4. The van der Waals surface area contributed by atoms with Crippen LogP contribution >= 0.6 is 11.6 Å². The summed E-state index contributed by atoms with van der Waals surface area (Å²) in [5.74, 6) is -2.67. The van der Waals surface area contributed by atoms with E-state index in [0.717, 1.165) is 50.4 Å². The zero-order chi connectivity index (χ0) is 22.6. The van der Waals surface area contributed by atoms with Crippen molar-refractivity contribution >= 4 is 23.2 Å². The third-order valence-corrected chi connectivity index (χ3v) is 6.59. The molecule has 1 heterocycles. The van der Waals surface area contributed by atoms with Crippen LogP contribution in [-0.2, 0) is 5.41 Å². The third kappa shape index (κ3) is 4.92. The molecule has 0 bridgehead atoms. The summed E-state index contributed by atoms with van der Waals surface area (Å²) in [6.07, 6.45) is 3.65. The lowest BCUT2D eigenvalue weighted by molar-refractivity contribution is 0.0978. The van der Waals surface area contributed by atoms with Crippen LogP contribution in [0.1, 0.15) is 48.5 Å². The highest BCUT2D eigenvalue weighted by molar-refractivity contribution is 6.30. The van der Waals surface area contributed by atoms with Gasteiger partial charge in [0.2, 0.25) is 0 Å². The van der Waals surface area contributed by atoms with E-state index in [1.54, 1.807) is 17.0 Å². The second-order valence-electron chi connectivity index (χ2n) is 8.34. The predicted molar refractivity (Wildman–Crippen MR) is 122 cm³/mol. The Hall–Kier alpha value is -2.02. The number of amides is 1. The van der Waals surface area contributed by atoms with E-state index >= 15 is 0 Å². The Morgan fingerprint density at radius 3 is 2.71 bits per heavy atom. The number of hydrogen-bond donors (Lipinski definition) is 1. The van der Waals surface area contributed by atoms with E-state index in [1.807, 2.05) is 6.07 Å². The van der Waals surface area contributed by atoms with E-state index in [1.165, 1.54) is 12.1 Å². The Kier molecular flexibility index (Phi) is 7.68. The molecule has 0 fully saturated rings. The van der Waals surface area contributed by atoms with E-state index < -0.39 is 17.5 Å². The van der Waals surface area contributed by atoms with E-state index in [4.69, 9.17) is 17.3 Å². The normalized spacial score (nSPS) is 18.0. The summed E-state index contributed by atoms with van der Waals surface area (Å²) in [6, 6.07) is 9.13. The number of carbonyl (C=O) groups is 1. The Balaban J connectivity index is 1.90. The third-order valence-electron chi connectivity index (χ3n) is 6.35. The fourth-order valence-electron chi connectivity index (χ4n) is 4.37. The quantitative estimate of drug-likeness (QED) is 0.549. The first-order valence-electron chi connectivity index (χ1n) is 10.8. The topological polar surface area (TPSA) is 49.6 Å². The first-order valence-corrected chi connectivity index (χ1v) is 11.2. The van der Waals surface area contributed by atoms with Crippen LogP contribution in [0.3, 0.4) is 0 Å². The van der Waals surface area contributed by atoms with Crippen LogP contribution in [0, 0.1) is 11.6 Å². The molecule has 7 heteroatoms. The minimum atomic E-state index is -1.11. The number of nitrogens with two attached hydrogens (primary N) is 1. The van der Waals surface area contributed by atoms with Crippen molar-refractivity contribution in [2.24, 2.45) is 5.73 Å². The number of nitrogens with zero attached hydrogens (tertiary/aromatic N) is 2. The predicted octanol–water partition coefficient (Wildman–Crippen LogP) is 4.99. The van der Waals surface area contributed by atoms with Gasteiger partial charge in [0.25, 0.3) is 5.91 Å². The number of anilines is 1. The van der Waals surface area contributed by atoms with Crippen molar-refractivity contribution in [2.45, 2.75) is 38.0 Å². The van der Waals surface area contributed by atoms with Gasteiger partial charge in [-0.05, 0) is 88.3 Å². The number of rotatable bonds is 9. The highest BCUT2D eigenvalue weighted by atomic mass is 35.5. The van der Waals surface area contributed by atoms with Crippen LogP contribution in [0.25, 0.3) is 0 Å². The Bertz CT molecular complexity index is 939. The molecule has 2 aromatic rings. The smallest absolute Gasteiger partial charge is 0.261 e. The molecule has 2 N–H and O–H groups in total. The van der Waals surface area contributed by atoms with E-state index in [0.29, 0.717) is 23.8 Å². The number of halogens is 3. The molecular weight excluding hydrogens is 420 g/mol. The molecule has 0 spiro atoms. The van der Waals surface area contributed by atoms with Crippen LogP contribution in [0.5, 0.6) is 0 Å². The number of unbranched alkanes of at least 4 members (excludes halogenated alkanes) is 1. The zero-order valence-corrected chi connectivity index (χ0v) is 18.9. The molecule has 1 aliphatic heterocycles. The average molecular weight is 450 g/mol. The average Bonchev–Trinajstić information content (AvgIpc) is 3.08. The van der Waals surface area contributed by atoms with E-state index in [9.17, 15) is 13.6 Å². The fraction of sp³-hybridized carbons (Fsp3) is 0.458. The molecule has 3 rings (SSSR count). The minimum Gasteiger partial charge on any atom is -0.330 e. The number of fused-ring (bicyclic) bond motifs is 1. The summed E-state index contributed by atoms with van der Waals surface area (Å²) in [7, 11) is 2.08. The van der Waals surface area contributed by atoms with Gasteiger partial charge < -0.3 is 15.5 Å². The van der Waals surface area contributed by atoms with Gasteiger partial charge in [-0.1, -0.05) is 24.6 Å². The highest BCUT2D eigenvalue weighted by Gasteiger charge is 2.44.